The molecule has 0 saturated carbocycles. The third kappa shape index (κ3) is 3.36. The van der Waals surface area contributed by atoms with E-state index >= 15 is 0 Å². The van der Waals surface area contributed by atoms with Gasteiger partial charge in [0, 0.05) is 0 Å². The van der Waals surface area contributed by atoms with Crippen LogP contribution in [0.5, 0.6) is 5.75 Å². The first kappa shape index (κ1) is 14.5. The van der Waals surface area contributed by atoms with E-state index in [0.717, 1.165) is 11.3 Å². The average molecular weight is 274 g/mol. The van der Waals surface area contributed by atoms with Crippen LogP contribution < -0.4 is 4.74 Å². The molecular formula is C17H19FO2. The Morgan fingerprint density at radius 2 is 1.60 bits per heavy atom. The molecule has 0 radical (unpaired) electrons. The lowest BCUT2D eigenvalue weighted by Gasteiger charge is -2.14. The van der Waals surface area contributed by atoms with E-state index in [1.807, 2.05) is 38.1 Å². The molecule has 0 aliphatic heterocycles. The van der Waals surface area contributed by atoms with Crippen LogP contribution in [0.15, 0.2) is 42.5 Å². The quantitative estimate of drug-likeness (QED) is 0.913. The van der Waals surface area contributed by atoms with Gasteiger partial charge in [0.25, 0.3) is 0 Å². The second-order valence-corrected chi connectivity index (χ2v) is 5.15. The number of aryl methyl sites for hydroxylation is 1. The van der Waals surface area contributed by atoms with Gasteiger partial charge in [-0.05, 0) is 55.7 Å². The predicted molar refractivity (Wildman–Crippen MR) is 77.4 cm³/mol. The minimum absolute atomic E-state index is 0.116. The van der Waals surface area contributed by atoms with Crippen LogP contribution in [-0.2, 0) is 0 Å². The van der Waals surface area contributed by atoms with Crippen molar-refractivity contribution >= 4 is 0 Å². The van der Waals surface area contributed by atoms with E-state index in [2.05, 4.69) is 0 Å². The van der Waals surface area contributed by atoms with E-state index in [-0.39, 0.29) is 11.9 Å². The first-order valence-electron chi connectivity index (χ1n) is 6.68. The van der Waals surface area contributed by atoms with Crippen molar-refractivity contribution in [3.05, 3.63) is 65.0 Å². The highest BCUT2D eigenvalue weighted by atomic mass is 19.1. The monoisotopic (exact) mass is 274 g/mol. The normalized spacial score (nSPS) is 12.5. The minimum Gasteiger partial charge on any atom is -0.491 e. The van der Waals surface area contributed by atoms with Crippen molar-refractivity contribution < 1.29 is 14.2 Å². The summed E-state index contributed by atoms with van der Waals surface area (Å²) in [6, 6.07) is 11.9. The van der Waals surface area contributed by atoms with Crippen LogP contribution in [0.1, 0.15) is 36.6 Å². The van der Waals surface area contributed by atoms with Crippen molar-refractivity contribution in [2.45, 2.75) is 33.0 Å². The number of aliphatic hydroxyl groups excluding tert-OH is 1. The number of rotatable bonds is 4. The molecule has 20 heavy (non-hydrogen) atoms. The summed E-state index contributed by atoms with van der Waals surface area (Å²) in [6.45, 7) is 5.61. The van der Waals surface area contributed by atoms with Crippen LogP contribution in [0.4, 0.5) is 4.39 Å². The smallest absolute Gasteiger partial charge is 0.126 e. The molecule has 1 atom stereocenters. The Kier molecular flexibility index (Phi) is 4.40. The number of hydrogen-bond donors (Lipinski definition) is 1. The van der Waals surface area contributed by atoms with Gasteiger partial charge in [-0.25, -0.2) is 4.39 Å². The molecule has 2 nitrogen and oxygen atoms in total. The van der Waals surface area contributed by atoms with Crippen molar-refractivity contribution in [1.82, 2.24) is 0 Å². The molecule has 0 amide bonds. The maximum absolute atomic E-state index is 13.2. The molecule has 0 aromatic heterocycles. The number of benzene rings is 2. The van der Waals surface area contributed by atoms with E-state index in [1.165, 1.54) is 6.07 Å². The van der Waals surface area contributed by atoms with E-state index < -0.39 is 6.10 Å². The Morgan fingerprint density at radius 3 is 2.15 bits per heavy atom. The summed E-state index contributed by atoms with van der Waals surface area (Å²) >= 11 is 0. The van der Waals surface area contributed by atoms with Crippen molar-refractivity contribution in [2.75, 3.05) is 0 Å². The van der Waals surface area contributed by atoms with E-state index in [0.29, 0.717) is 11.1 Å². The van der Waals surface area contributed by atoms with Gasteiger partial charge in [-0.2, -0.15) is 0 Å². The summed E-state index contributed by atoms with van der Waals surface area (Å²) in [5.41, 5.74) is 1.97. The number of ether oxygens (including phenoxy) is 1. The molecule has 1 unspecified atom stereocenters. The lowest BCUT2D eigenvalue weighted by Crippen LogP contribution is -2.06. The molecule has 0 aliphatic carbocycles. The molecule has 0 saturated heterocycles. The topological polar surface area (TPSA) is 29.5 Å². The number of aliphatic hydroxyl groups is 1. The average Bonchev–Trinajstić information content (AvgIpc) is 2.41. The van der Waals surface area contributed by atoms with Gasteiger partial charge in [-0.3, -0.25) is 0 Å². The molecule has 0 heterocycles. The molecule has 0 fully saturated rings. The van der Waals surface area contributed by atoms with Crippen LogP contribution in [0, 0.1) is 12.7 Å². The van der Waals surface area contributed by atoms with Gasteiger partial charge in [0.05, 0.1) is 6.10 Å². The molecule has 0 spiro atoms. The predicted octanol–water partition coefficient (Wildman–Crippen LogP) is 4.00. The van der Waals surface area contributed by atoms with Crippen molar-refractivity contribution in [2.24, 2.45) is 0 Å². The van der Waals surface area contributed by atoms with Crippen LogP contribution in [-0.4, -0.2) is 11.2 Å². The van der Waals surface area contributed by atoms with Crippen LogP contribution in [0.25, 0.3) is 0 Å². The zero-order chi connectivity index (χ0) is 14.7. The largest absolute Gasteiger partial charge is 0.491 e. The summed E-state index contributed by atoms with van der Waals surface area (Å²) in [6.07, 6.45) is -0.645. The fourth-order valence-corrected chi connectivity index (χ4v) is 2.03. The van der Waals surface area contributed by atoms with Crippen molar-refractivity contribution in [3.63, 3.8) is 0 Å². The molecule has 0 aliphatic rings. The molecule has 2 aromatic carbocycles. The maximum Gasteiger partial charge on any atom is 0.126 e. The van der Waals surface area contributed by atoms with Crippen molar-refractivity contribution in [3.8, 4) is 5.75 Å². The molecule has 2 aromatic rings. The fraction of sp³-hybridized carbons (Fsp3) is 0.294. The second-order valence-electron chi connectivity index (χ2n) is 5.15. The molecular weight excluding hydrogens is 255 g/mol. The molecule has 3 heteroatoms. The van der Waals surface area contributed by atoms with Gasteiger partial charge < -0.3 is 9.84 Å². The third-order valence-corrected chi connectivity index (χ3v) is 3.07. The lowest BCUT2D eigenvalue weighted by atomic mass is 10.00. The number of halogens is 1. The second kappa shape index (κ2) is 6.06. The van der Waals surface area contributed by atoms with Gasteiger partial charge >= 0.3 is 0 Å². The highest BCUT2D eigenvalue weighted by molar-refractivity contribution is 5.35. The Labute approximate surface area is 118 Å². The van der Waals surface area contributed by atoms with Crippen molar-refractivity contribution in [1.29, 1.82) is 0 Å². The van der Waals surface area contributed by atoms with Gasteiger partial charge in [0.2, 0.25) is 0 Å². The van der Waals surface area contributed by atoms with E-state index in [4.69, 9.17) is 4.74 Å². The lowest BCUT2D eigenvalue weighted by molar-refractivity contribution is 0.219. The zero-order valence-electron chi connectivity index (χ0n) is 11.9. The summed E-state index contributed by atoms with van der Waals surface area (Å²) in [5, 5.41) is 10.3. The molecule has 2 rings (SSSR count). The standard InChI is InChI=1S/C17H19FO2/c1-11(2)20-15-7-4-13(5-8-15)17(19)14-6-9-16(18)12(3)10-14/h4-11,17,19H,1-3H3. The Bertz CT molecular complexity index is 576. The third-order valence-electron chi connectivity index (χ3n) is 3.07. The Hall–Kier alpha value is -1.87. The van der Waals surface area contributed by atoms with Gasteiger partial charge in [-0.15, -0.1) is 0 Å². The first-order chi connectivity index (χ1) is 9.47. The summed E-state index contributed by atoms with van der Waals surface area (Å²) < 4.78 is 18.8. The van der Waals surface area contributed by atoms with E-state index in [9.17, 15) is 9.50 Å². The van der Waals surface area contributed by atoms with Crippen LogP contribution >= 0.6 is 0 Å². The number of hydrogen-bond acceptors (Lipinski definition) is 2. The van der Waals surface area contributed by atoms with E-state index in [1.54, 1.807) is 19.1 Å². The summed E-state index contributed by atoms with van der Waals surface area (Å²) in [7, 11) is 0. The van der Waals surface area contributed by atoms with Gasteiger partial charge in [-0.1, -0.05) is 24.3 Å². The highest BCUT2D eigenvalue weighted by Crippen LogP contribution is 2.25. The zero-order valence-corrected chi connectivity index (χ0v) is 11.9. The minimum atomic E-state index is -0.762. The van der Waals surface area contributed by atoms with Crippen LogP contribution in [0.2, 0.25) is 0 Å². The van der Waals surface area contributed by atoms with Gasteiger partial charge in [0.15, 0.2) is 0 Å². The Morgan fingerprint density at radius 1 is 1.00 bits per heavy atom. The molecule has 0 bridgehead atoms. The molecule has 1 N–H and O–H groups in total. The Balaban J connectivity index is 2.20. The summed E-state index contributed by atoms with van der Waals surface area (Å²) in [4.78, 5) is 0. The maximum atomic E-state index is 13.2. The first-order valence-corrected chi connectivity index (χ1v) is 6.68. The molecule has 106 valence electrons. The fourth-order valence-electron chi connectivity index (χ4n) is 2.03. The van der Waals surface area contributed by atoms with Gasteiger partial charge in [0.1, 0.15) is 17.7 Å². The van der Waals surface area contributed by atoms with Crippen LogP contribution in [0.3, 0.4) is 0 Å². The SMILES string of the molecule is Cc1cc(C(O)c2ccc(OC(C)C)cc2)ccc1F. The highest BCUT2D eigenvalue weighted by Gasteiger charge is 2.12. The summed E-state index contributed by atoms with van der Waals surface area (Å²) in [5.74, 6) is 0.507.